The third kappa shape index (κ3) is 3.07. The van der Waals surface area contributed by atoms with E-state index >= 15 is 0 Å². The minimum atomic E-state index is -4.55. The van der Waals surface area contributed by atoms with Crippen LogP contribution in [0.2, 0.25) is 0 Å². The fourth-order valence-electron chi connectivity index (χ4n) is 2.66. The van der Waals surface area contributed by atoms with Gasteiger partial charge >= 0.3 is 6.18 Å². The molecule has 0 fully saturated rings. The summed E-state index contributed by atoms with van der Waals surface area (Å²) in [5.41, 5.74) is -0.679. The van der Waals surface area contributed by atoms with Gasteiger partial charge in [0.1, 0.15) is 5.82 Å². The van der Waals surface area contributed by atoms with Crippen molar-refractivity contribution in [1.82, 2.24) is 9.96 Å². The fourth-order valence-corrected chi connectivity index (χ4v) is 3.74. The molecule has 0 spiro atoms. The van der Waals surface area contributed by atoms with Crippen LogP contribution in [0.3, 0.4) is 0 Å². The second-order valence-electron chi connectivity index (χ2n) is 5.73. The van der Waals surface area contributed by atoms with Crippen molar-refractivity contribution in [2.24, 2.45) is 9.98 Å². The summed E-state index contributed by atoms with van der Waals surface area (Å²) >= 11 is 0. The predicted molar refractivity (Wildman–Crippen MR) is 89.0 cm³/mol. The maximum Gasteiger partial charge on any atom is 0.417 e. The highest BCUT2D eigenvalue weighted by Crippen LogP contribution is 2.35. The first kappa shape index (κ1) is 18.4. The predicted octanol–water partition coefficient (Wildman–Crippen LogP) is 1.98. The number of hydrogen-bond acceptors (Lipinski definition) is 7. The Morgan fingerprint density at radius 1 is 1.35 bits per heavy atom. The van der Waals surface area contributed by atoms with E-state index in [9.17, 15) is 26.8 Å². The summed E-state index contributed by atoms with van der Waals surface area (Å²) in [6.07, 6.45) is -0.109. The van der Waals surface area contributed by atoms with Crippen LogP contribution in [0.5, 0.6) is 0 Å². The maximum absolute atomic E-state index is 12.9. The minimum Gasteiger partial charge on any atom is -0.332 e. The Morgan fingerprint density at radius 2 is 2.04 bits per heavy atom. The Balaban J connectivity index is 2.13. The van der Waals surface area contributed by atoms with Crippen molar-refractivity contribution in [1.29, 1.82) is 0 Å². The van der Waals surface area contributed by atoms with Crippen LogP contribution in [-0.4, -0.2) is 60.7 Å². The largest absolute Gasteiger partial charge is 0.417 e. The number of hydrogen-bond donors (Lipinski definition) is 1. The Labute approximate surface area is 147 Å². The van der Waals surface area contributed by atoms with Gasteiger partial charge in [-0.3, -0.25) is 10.2 Å². The van der Waals surface area contributed by atoms with Crippen LogP contribution in [0.4, 0.5) is 13.2 Å². The number of alkyl halides is 3. The summed E-state index contributed by atoms with van der Waals surface area (Å²) in [7, 11) is -2.15. The van der Waals surface area contributed by atoms with Crippen LogP contribution >= 0.6 is 0 Å². The second kappa shape index (κ2) is 6.09. The molecule has 26 heavy (non-hydrogen) atoms. The molecule has 0 aliphatic carbocycles. The SMILES string of the molecule is CCS(=O)(=O)C1=CN(O)C=CC1=C1N=C2C=C(C(F)(F)F)C=NC2N1C. The first-order valence-electron chi connectivity index (χ1n) is 7.52. The smallest absolute Gasteiger partial charge is 0.332 e. The summed E-state index contributed by atoms with van der Waals surface area (Å²) < 4.78 is 63.3. The van der Waals surface area contributed by atoms with Gasteiger partial charge in [0.15, 0.2) is 16.0 Å². The summed E-state index contributed by atoms with van der Waals surface area (Å²) in [5.74, 6) is -0.0495. The molecule has 0 radical (unpaired) electrons. The lowest BCUT2D eigenvalue weighted by Gasteiger charge is -2.25. The van der Waals surface area contributed by atoms with Crippen LogP contribution < -0.4 is 0 Å². The molecule has 140 valence electrons. The molecule has 1 unspecified atom stereocenters. The highest BCUT2D eigenvalue weighted by molar-refractivity contribution is 7.95. The van der Waals surface area contributed by atoms with Crippen LogP contribution in [0.25, 0.3) is 0 Å². The van der Waals surface area contributed by atoms with Gasteiger partial charge in [-0.1, -0.05) is 6.92 Å². The Morgan fingerprint density at radius 3 is 2.65 bits per heavy atom. The van der Waals surface area contributed by atoms with Crippen molar-refractivity contribution < 1.29 is 26.8 Å². The average molecular weight is 388 g/mol. The molecule has 0 aromatic rings. The Bertz CT molecular complexity index is 926. The van der Waals surface area contributed by atoms with Gasteiger partial charge in [0.05, 0.1) is 28.1 Å². The highest BCUT2D eigenvalue weighted by atomic mass is 32.2. The number of fused-ring (bicyclic) bond motifs is 1. The standard InChI is InChI=1S/C15H15F3N4O3S/c1-3-26(24,25)12-8-22(23)5-4-10(12)13-20-11-6-9(15(16,17)18)7-19-14(11)21(13)2/h4-8,14,23H,3H2,1-2H3. The highest BCUT2D eigenvalue weighted by Gasteiger charge is 2.39. The third-order valence-corrected chi connectivity index (χ3v) is 5.81. The monoisotopic (exact) mass is 388 g/mol. The van der Waals surface area contributed by atoms with Gasteiger partial charge in [0.2, 0.25) is 0 Å². The molecule has 0 saturated heterocycles. The lowest BCUT2D eigenvalue weighted by molar-refractivity contribution is -0.0856. The van der Waals surface area contributed by atoms with Crippen molar-refractivity contribution in [3.63, 3.8) is 0 Å². The Kier molecular flexibility index (Phi) is 4.31. The number of nitrogens with zero attached hydrogens (tertiary/aromatic N) is 4. The van der Waals surface area contributed by atoms with E-state index in [1.54, 1.807) is 7.05 Å². The molecule has 3 aliphatic rings. The van der Waals surface area contributed by atoms with Gasteiger partial charge < -0.3 is 4.90 Å². The van der Waals surface area contributed by atoms with Crippen LogP contribution in [0.1, 0.15) is 6.92 Å². The molecule has 0 aromatic carbocycles. The van der Waals surface area contributed by atoms with Crippen molar-refractivity contribution >= 4 is 21.8 Å². The zero-order valence-electron chi connectivity index (χ0n) is 13.8. The van der Waals surface area contributed by atoms with E-state index in [1.807, 2.05) is 0 Å². The van der Waals surface area contributed by atoms with Crippen molar-refractivity contribution in [3.8, 4) is 0 Å². The van der Waals surface area contributed by atoms with E-state index in [2.05, 4.69) is 9.98 Å². The van der Waals surface area contributed by atoms with Crippen LogP contribution in [0.15, 0.2) is 56.4 Å². The molecule has 1 N–H and O–H groups in total. The molecular formula is C15H15F3N4O3S. The number of aliphatic imine (C=N–C) groups is 2. The lowest BCUT2D eigenvalue weighted by Crippen LogP contribution is -2.33. The van der Waals surface area contributed by atoms with E-state index in [4.69, 9.17) is 0 Å². The number of halogens is 3. The molecule has 3 heterocycles. The van der Waals surface area contributed by atoms with Crippen molar-refractivity contribution in [3.05, 3.63) is 46.4 Å². The Hall–Kier alpha value is -2.40. The van der Waals surface area contributed by atoms with Crippen LogP contribution in [-0.2, 0) is 9.84 Å². The summed E-state index contributed by atoms with van der Waals surface area (Å²) in [5, 5.41) is 10.2. The summed E-state index contributed by atoms with van der Waals surface area (Å²) in [6.45, 7) is 1.45. The quantitative estimate of drug-likeness (QED) is 0.782. The molecule has 7 nitrogen and oxygen atoms in total. The van der Waals surface area contributed by atoms with E-state index in [1.165, 1.54) is 24.1 Å². The van der Waals surface area contributed by atoms with E-state index in [-0.39, 0.29) is 27.8 Å². The van der Waals surface area contributed by atoms with Gasteiger partial charge in [0.25, 0.3) is 0 Å². The molecular weight excluding hydrogens is 373 g/mol. The molecule has 0 bridgehead atoms. The molecule has 3 rings (SSSR count). The average Bonchev–Trinajstić information content (AvgIpc) is 2.90. The maximum atomic E-state index is 12.9. The van der Waals surface area contributed by atoms with E-state index in [0.717, 1.165) is 18.5 Å². The molecule has 0 saturated carbocycles. The summed E-state index contributed by atoms with van der Waals surface area (Å²) in [4.78, 5) is 9.38. The van der Waals surface area contributed by atoms with E-state index < -0.39 is 27.8 Å². The molecule has 0 aromatic heterocycles. The topological polar surface area (TPSA) is 85.6 Å². The van der Waals surface area contributed by atoms with Gasteiger partial charge in [-0.15, -0.1) is 0 Å². The fraction of sp³-hybridized carbons (Fsp3) is 0.333. The van der Waals surface area contributed by atoms with Gasteiger partial charge in [-0.2, -0.15) is 13.2 Å². The number of sulfone groups is 1. The van der Waals surface area contributed by atoms with Crippen molar-refractivity contribution in [2.75, 3.05) is 12.8 Å². The number of rotatable bonds is 2. The molecule has 3 aliphatic heterocycles. The van der Waals surface area contributed by atoms with Gasteiger partial charge in [0, 0.05) is 25.0 Å². The zero-order chi connectivity index (χ0) is 19.3. The number of dihydropyridines is 1. The first-order chi connectivity index (χ1) is 12.0. The van der Waals surface area contributed by atoms with Gasteiger partial charge in [-0.05, 0) is 12.2 Å². The molecule has 1 atom stereocenters. The molecule has 0 amide bonds. The molecule has 11 heteroatoms. The van der Waals surface area contributed by atoms with Crippen LogP contribution in [0, 0.1) is 0 Å². The number of allylic oxidation sites excluding steroid dienone is 3. The van der Waals surface area contributed by atoms with Gasteiger partial charge in [-0.25, -0.2) is 18.5 Å². The second-order valence-corrected chi connectivity index (χ2v) is 7.97. The number of hydroxylamine groups is 2. The van der Waals surface area contributed by atoms with Crippen molar-refractivity contribution in [2.45, 2.75) is 19.3 Å². The van der Waals surface area contributed by atoms with E-state index in [0.29, 0.717) is 5.06 Å². The summed E-state index contributed by atoms with van der Waals surface area (Å²) in [6, 6.07) is 0. The minimum absolute atomic E-state index is 0.0675. The third-order valence-electron chi connectivity index (χ3n) is 4.05. The normalized spacial score (nSPS) is 25.9. The lowest BCUT2D eigenvalue weighted by atomic mass is 10.1. The first-order valence-corrected chi connectivity index (χ1v) is 9.18. The zero-order valence-corrected chi connectivity index (χ0v) is 14.6.